The van der Waals surface area contributed by atoms with Crippen LogP contribution in [0.5, 0.6) is 0 Å². The van der Waals surface area contributed by atoms with E-state index in [0.717, 1.165) is 29.4 Å². The van der Waals surface area contributed by atoms with Crippen LogP contribution in [0, 0.1) is 5.82 Å². The average Bonchev–Trinajstić information content (AvgIpc) is 2.82. The predicted molar refractivity (Wildman–Crippen MR) is 66.8 cm³/mol. The van der Waals surface area contributed by atoms with Gasteiger partial charge >= 0.3 is 11.7 Å². The fraction of sp³-hybridized carbons (Fsp3) is 0.400. The van der Waals surface area contributed by atoms with Crippen LogP contribution in [0.1, 0.15) is 13.2 Å². The number of hydrogen-bond acceptors (Lipinski definition) is 6. The molecule has 1 aromatic rings. The van der Waals surface area contributed by atoms with Crippen molar-refractivity contribution in [2.24, 2.45) is 0 Å². The van der Waals surface area contributed by atoms with Gasteiger partial charge in [0, 0.05) is 12.7 Å². The molecular weight excluding hydrogens is 293 g/mol. The van der Waals surface area contributed by atoms with Gasteiger partial charge in [-0.25, -0.2) is 14.0 Å². The molecule has 1 aliphatic heterocycles. The number of hydrogen-bond donors (Lipinski definition) is 2. The van der Waals surface area contributed by atoms with E-state index in [1.54, 1.807) is 0 Å². The van der Waals surface area contributed by atoms with Crippen molar-refractivity contribution in [3.05, 3.63) is 22.5 Å². The van der Waals surface area contributed by atoms with Crippen LogP contribution in [0.3, 0.4) is 0 Å². The van der Waals surface area contributed by atoms with Gasteiger partial charge < -0.3 is 15.2 Å². The van der Waals surface area contributed by atoms with Crippen molar-refractivity contribution >= 4 is 29.5 Å². The Labute approximate surface area is 115 Å². The van der Waals surface area contributed by atoms with Gasteiger partial charge in [-0.15, -0.1) is 11.8 Å². The zero-order chi connectivity index (χ0) is 14.9. The van der Waals surface area contributed by atoms with E-state index >= 15 is 0 Å². The van der Waals surface area contributed by atoms with Crippen LogP contribution in [0.15, 0.2) is 11.0 Å². The number of carboxylic acids is 1. The summed E-state index contributed by atoms with van der Waals surface area (Å²) in [5, 5.41) is 10.9. The van der Waals surface area contributed by atoms with Gasteiger partial charge in [0.05, 0.1) is 6.20 Å². The molecule has 2 atom stereocenters. The van der Waals surface area contributed by atoms with Crippen molar-refractivity contribution in [2.75, 3.05) is 11.1 Å². The number of amides is 1. The Hall–Kier alpha value is -1.94. The molecule has 0 saturated carbocycles. The van der Waals surface area contributed by atoms with Crippen molar-refractivity contribution in [3.63, 3.8) is 0 Å². The summed E-state index contributed by atoms with van der Waals surface area (Å²) < 4.78 is 19.6. The second-order valence-corrected chi connectivity index (χ2v) is 5.00. The number of halogens is 1. The van der Waals surface area contributed by atoms with E-state index in [4.69, 9.17) is 9.84 Å². The molecule has 2 unspecified atom stereocenters. The molecule has 8 nitrogen and oxygen atoms in total. The fourth-order valence-corrected chi connectivity index (χ4v) is 2.50. The molecule has 1 aliphatic rings. The largest absolute Gasteiger partial charge is 0.479 e. The molecule has 2 heterocycles. The minimum absolute atomic E-state index is 0.178. The number of aromatic nitrogens is 2. The molecule has 0 radical (unpaired) electrons. The standard InChI is InChI=1S/C10H10FN3O5S/c1-4(15)12-7-5(11)2-14(10(18)13-7)6-3-20-9(19-6)8(16)17/h2,6,9H,3H2,1H3,(H,16,17)(H,12,13,15,18). The predicted octanol–water partition coefficient (Wildman–Crippen LogP) is 0.0135. The van der Waals surface area contributed by atoms with Crippen molar-refractivity contribution in [2.45, 2.75) is 18.6 Å². The van der Waals surface area contributed by atoms with Crippen LogP contribution in [0.25, 0.3) is 0 Å². The molecule has 2 rings (SSSR count). The average molecular weight is 303 g/mol. The number of carbonyl (C=O) groups excluding carboxylic acids is 1. The summed E-state index contributed by atoms with van der Waals surface area (Å²) in [5.74, 6) is -2.94. The third-order valence-electron chi connectivity index (χ3n) is 2.38. The van der Waals surface area contributed by atoms with Gasteiger partial charge in [-0.1, -0.05) is 0 Å². The molecule has 2 N–H and O–H groups in total. The maximum absolute atomic E-state index is 13.7. The molecular formula is C10H10FN3O5S. The van der Waals surface area contributed by atoms with Gasteiger partial charge in [0.15, 0.2) is 11.6 Å². The second kappa shape index (κ2) is 5.59. The third-order valence-corrected chi connectivity index (χ3v) is 3.48. The smallest absolute Gasteiger partial charge is 0.351 e. The third kappa shape index (κ3) is 2.96. The summed E-state index contributed by atoms with van der Waals surface area (Å²) in [6.07, 6.45) is -0.0854. The number of aliphatic carboxylic acids is 1. The molecule has 0 aromatic carbocycles. The number of nitrogens with one attached hydrogen (secondary N) is 1. The molecule has 0 spiro atoms. The molecule has 1 aromatic heterocycles. The topological polar surface area (TPSA) is 111 Å². The van der Waals surface area contributed by atoms with Crippen LogP contribution in [0.4, 0.5) is 10.2 Å². The maximum Gasteiger partial charge on any atom is 0.351 e. The van der Waals surface area contributed by atoms with E-state index in [1.807, 2.05) is 0 Å². The van der Waals surface area contributed by atoms with E-state index in [9.17, 15) is 18.8 Å². The van der Waals surface area contributed by atoms with Gasteiger partial charge in [0.1, 0.15) is 6.23 Å². The van der Waals surface area contributed by atoms with Crippen molar-refractivity contribution in [1.29, 1.82) is 0 Å². The summed E-state index contributed by atoms with van der Waals surface area (Å²) >= 11 is 0.981. The van der Waals surface area contributed by atoms with Crippen molar-refractivity contribution in [3.8, 4) is 0 Å². The molecule has 1 saturated heterocycles. The van der Waals surface area contributed by atoms with E-state index in [0.29, 0.717) is 0 Å². The van der Waals surface area contributed by atoms with Crippen LogP contribution in [0.2, 0.25) is 0 Å². The van der Waals surface area contributed by atoms with E-state index in [1.165, 1.54) is 0 Å². The van der Waals surface area contributed by atoms with Gasteiger partial charge in [0.2, 0.25) is 11.3 Å². The summed E-state index contributed by atoms with van der Waals surface area (Å²) in [7, 11) is 0. The van der Waals surface area contributed by atoms with Crippen LogP contribution >= 0.6 is 11.8 Å². The first-order chi connectivity index (χ1) is 9.38. The van der Waals surface area contributed by atoms with E-state index in [-0.39, 0.29) is 5.75 Å². The Kier molecular flexibility index (Phi) is 4.04. The zero-order valence-corrected chi connectivity index (χ0v) is 11.0. The van der Waals surface area contributed by atoms with Gasteiger partial charge in [-0.05, 0) is 0 Å². The van der Waals surface area contributed by atoms with Crippen LogP contribution in [-0.4, -0.2) is 37.7 Å². The highest BCUT2D eigenvalue weighted by Gasteiger charge is 2.33. The molecule has 10 heteroatoms. The lowest BCUT2D eigenvalue weighted by Gasteiger charge is -2.13. The number of thioether (sulfide) groups is 1. The minimum atomic E-state index is -1.17. The molecule has 0 bridgehead atoms. The lowest BCUT2D eigenvalue weighted by molar-refractivity contribution is -0.147. The number of carboxylic acid groups (broad SMARTS) is 1. The summed E-state index contributed by atoms with van der Waals surface area (Å²) in [6, 6.07) is 0. The summed E-state index contributed by atoms with van der Waals surface area (Å²) in [5.41, 5.74) is -1.95. The number of ether oxygens (including phenoxy) is 1. The summed E-state index contributed by atoms with van der Waals surface area (Å²) in [4.78, 5) is 36.7. The highest BCUT2D eigenvalue weighted by molar-refractivity contribution is 8.00. The van der Waals surface area contributed by atoms with E-state index in [2.05, 4.69) is 10.3 Å². The Morgan fingerprint density at radius 1 is 1.65 bits per heavy atom. The number of nitrogens with zero attached hydrogens (tertiary/aromatic N) is 2. The Bertz CT molecular complexity index is 619. The van der Waals surface area contributed by atoms with Crippen LogP contribution in [-0.2, 0) is 14.3 Å². The molecule has 20 heavy (non-hydrogen) atoms. The number of rotatable bonds is 3. The fourth-order valence-electron chi connectivity index (χ4n) is 1.57. The normalized spacial score (nSPS) is 21.7. The zero-order valence-electron chi connectivity index (χ0n) is 10.2. The number of carbonyl (C=O) groups is 2. The van der Waals surface area contributed by atoms with Crippen LogP contribution < -0.4 is 11.0 Å². The lowest BCUT2D eigenvalue weighted by Crippen LogP contribution is -2.30. The Morgan fingerprint density at radius 2 is 2.35 bits per heavy atom. The van der Waals surface area contributed by atoms with Crippen molar-refractivity contribution in [1.82, 2.24) is 9.55 Å². The second-order valence-electron chi connectivity index (χ2n) is 3.90. The molecule has 1 fully saturated rings. The first-order valence-corrected chi connectivity index (χ1v) is 6.49. The number of anilines is 1. The van der Waals surface area contributed by atoms with Gasteiger partial charge in [-0.3, -0.25) is 9.36 Å². The molecule has 108 valence electrons. The molecule has 0 aliphatic carbocycles. The minimum Gasteiger partial charge on any atom is -0.479 e. The SMILES string of the molecule is CC(=O)Nc1nc(=O)n(C2CSC(C(=O)O)O2)cc1F. The highest BCUT2D eigenvalue weighted by atomic mass is 32.2. The van der Waals surface area contributed by atoms with Gasteiger partial charge in [0.25, 0.3) is 0 Å². The highest BCUT2D eigenvalue weighted by Crippen LogP contribution is 2.31. The monoisotopic (exact) mass is 303 g/mol. The Balaban J connectivity index is 2.26. The molecule has 1 amide bonds. The van der Waals surface area contributed by atoms with Gasteiger partial charge in [-0.2, -0.15) is 4.98 Å². The van der Waals surface area contributed by atoms with Crippen molar-refractivity contribution < 1.29 is 23.8 Å². The van der Waals surface area contributed by atoms with E-state index < -0.39 is 40.9 Å². The maximum atomic E-state index is 13.7. The lowest BCUT2D eigenvalue weighted by atomic mass is 10.5. The first-order valence-electron chi connectivity index (χ1n) is 5.44. The quantitative estimate of drug-likeness (QED) is 0.809. The Morgan fingerprint density at radius 3 is 2.90 bits per heavy atom. The first kappa shape index (κ1) is 14.5. The summed E-state index contributed by atoms with van der Waals surface area (Å²) in [6.45, 7) is 1.15.